The number of hydrogen-bond donors (Lipinski definition) is 0. The van der Waals surface area contributed by atoms with Crippen molar-refractivity contribution in [2.75, 3.05) is 7.05 Å². The summed E-state index contributed by atoms with van der Waals surface area (Å²) in [4.78, 5) is 4.54. The molecule has 0 aliphatic rings. The second-order valence-corrected chi connectivity index (χ2v) is 8.50. The molecule has 0 N–H and O–H groups in total. The molecule has 2 aromatic carbocycles. The first-order chi connectivity index (χ1) is 12.3. The Labute approximate surface area is 157 Å². The summed E-state index contributed by atoms with van der Waals surface area (Å²) in [5, 5.41) is 4.46. The van der Waals surface area contributed by atoms with Crippen LogP contribution in [0.2, 0.25) is 5.02 Å². The zero-order valence-electron chi connectivity index (χ0n) is 14.6. The lowest BCUT2D eigenvalue weighted by Crippen LogP contribution is -2.27. The number of hydrogen-bond acceptors (Lipinski definition) is 5. The molecule has 0 spiro atoms. The summed E-state index contributed by atoms with van der Waals surface area (Å²) in [5.41, 5.74) is 2.27. The summed E-state index contributed by atoms with van der Waals surface area (Å²) < 4.78 is 32.1. The van der Waals surface area contributed by atoms with Gasteiger partial charge in [0.2, 0.25) is 21.7 Å². The third-order valence-corrected chi connectivity index (χ3v) is 6.12. The first-order valence-corrected chi connectivity index (χ1v) is 9.71. The van der Waals surface area contributed by atoms with E-state index in [9.17, 15) is 8.42 Å². The van der Waals surface area contributed by atoms with Gasteiger partial charge in [0, 0.05) is 17.6 Å². The molecule has 0 saturated carbocycles. The van der Waals surface area contributed by atoms with Crippen LogP contribution in [0.4, 0.5) is 0 Å². The number of sulfonamides is 1. The molecule has 136 valence electrons. The lowest BCUT2D eigenvalue weighted by Gasteiger charge is -2.17. The second kappa shape index (κ2) is 7.19. The molecular weight excluding hydrogens is 374 g/mol. The van der Waals surface area contributed by atoms with Crippen LogP contribution >= 0.6 is 11.6 Å². The molecular formula is C18H18ClN3O3S. The molecule has 0 radical (unpaired) electrons. The summed E-state index contributed by atoms with van der Waals surface area (Å²) in [7, 11) is -2.18. The van der Waals surface area contributed by atoms with Gasteiger partial charge in [-0.3, -0.25) is 0 Å². The number of halogens is 1. The van der Waals surface area contributed by atoms with Crippen LogP contribution in [0.25, 0.3) is 11.4 Å². The van der Waals surface area contributed by atoms with Crippen molar-refractivity contribution in [1.29, 1.82) is 0 Å². The van der Waals surface area contributed by atoms with Gasteiger partial charge in [-0.15, -0.1) is 0 Å². The first kappa shape index (κ1) is 18.6. The van der Waals surface area contributed by atoms with E-state index in [4.69, 9.17) is 16.1 Å². The van der Waals surface area contributed by atoms with E-state index < -0.39 is 10.0 Å². The Bertz CT molecular complexity index is 1050. The van der Waals surface area contributed by atoms with Gasteiger partial charge in [0.1, 0.15) is 0 Å². The number of aryl methyl sites for hydroxylation is 2. The molecule has 3 aromatic rings. The molecule has 0 aliphatic carbocycles. The van der Waals surface area contributed by atoms with E-state index in [1.807, 2.05) is 13.0 Å². The quantitative estimate of drug-likeness (QED) is 0.660. The van der Waals surface area contributed by atoms with Crippen molar-refractivity contribution < 1.29 is 12.9 Å². The van der Waals surface area contributed by atoms with Gasteiger partial charge < -0.3 is 4.52 Å². The fourth-order valence-corrected chi connectivity index (χ4v) is 4.11. The third kappa shape index (κ3) is 3.80. The summed E-state index contributed by atoms with van der Waals surface area (Å²) >= 11 is 5.97. The largest absolute Gasteiger partial charge is 0.338 e. The van der Waals surface area contributed by atoms with Crippen molar-refractivity contribution in [3.8, 4) is 11.4 Å². The lowest BCUT2D eigenvalue weighted by molar-refractivity contribution is 0.336. The minimum absolute atomic E-state index is 0.0245. The summed E-state index contributed by atoms with van der Waals surface area (Å²) in [6, 6.07) is 12.4. The average Bonchev–Trinajstić information content (AvgIpc) is 3.05. The Balaban J connectivity index is 1.84. The van der Waals surface area contributed by atoms with Crippen molar-refractivity contribution in [2.45, 2.75) is 25.3 Å². The highest BCUT2D eigenvalue weighted by atomic mass is 35.5. The predicted molar refractivity (Wildman–Crippen MR) is 99.3 cm³/mol. The highest BCUT2D eigenvalue weighted by Crippen LogP contribution is 2.23. The maximum Gasteiger partial charge on any atom is 0.243 e. The van der Waals surface area contributed by atoms with Gasteiger partial charge in [0.15, 0.2) is 0 Å². The van der Waals surface area contributed by atoms with E-state index in [0.29, 0.717) is 22.0 Å². The molecule has 0 fully saturated rings. The smallest absolute Gasteiger partial charge is 0.243 e. The van der Waals surface area contributed by atoms with E-state index in [0.717, 1.165) is 5.56 Å². The molecule has 0 aliphatic heterocycles. The van der Waals surface area contributed by atoms with Crippen molar-refractivity contribution in [3.63, 3.8) is 0 Å². The van der Waals surface area contributed by atoms with Crippen LogP contribution in [0.3, 0.4) is 0 Å². The fraction of sp³-hybridized carbons (Fsp3) is 0.222. The standard InChI is InChI=1S/C18H18ClN3O3S/c1-12-7-8-13(2)16(9-12)26(23,24)22(3)11-17-20-18(21-25-17)14-5-4-6-15(19)10-14/h4-10H,11H2,1-3H3. The van der Waals surface area contributed by atoms with Crippen molar-refractivity contribution >= 4 is 21.6 Å². The minimum Gasteiger partial charge on any atom is -0.338 e. The van der Waals surface area contributed by atoms with E-state index in [-0.39, 0.29) is 17.3 Å². The van der Waals surface area contributed by atoms with Crippen LogP contribution in [0.5, 0.6) is 0 Å². The Kier molecular flexibility index (Phi) is 5.13. The Morgan fingerprint density at radius 3 is 2.65 bits per heavy atom. The third-order valence-electron chi connectivity index (χ3n) is 3.94. The van der Waals surface area contributed by atoms with Gasteiger partial charge >= 0.3 is 0 Å². The molecule has 1 heterocycles. The van der Waals surface area contributed by atoms with Gasteiger partial charge in [-0.1, -0.05) is 41.0 Å². The lowest BCUT2D eigenvalue weighted by atomic mass is 10.2. The minimum atomic E-state index is -3.67. The number of nitrogens with zero attached hydrogens (tertiary/aromatic N) is 3. The Morgan fingerprint density at radius 1 is 1.15 bits per heavy atom. The normalized spacial score (nSPS) is 11.9. The molecule has 3 rings (SSSR count). The van der Waals surface area contributed by atoms with Crippen molar-refractivity contribution in [1.82, 2.24) is 14.4 Å². The SMILES string of the molecule is Cc1ccc(C)c(S(=O)(=O)N(C)Cc2nc(-c3cccc(Cl)c3)no2)c1. The highest BCUT2D eigenvalue weighted by Gasteiger charge is 2.25. The molecule has 0 saturated heterocycles. The molecule has 0 bridgehead atoms. The zero-order chi connectivity index (χ0) is 18.9. The second-order valence-electron chi connectivity index (χ2n) is 6.05. The molecule has 1 aromatic heterocycles. The number of aromatic nitrogens is 2. The molecule has 6 nitrogen and oxygen atoms in total. The highest BCUT2D eigenvalue weighted by molar-refractivity contribution is 7.89. The van der Waals surface area contributed by atoms with Crippen LogP contribution in [0.1, 0.15) is 17.0 Å². The fourth-order valence-electron chi connectivity index (χ4n) is 2.49. The average molecular weight is 392 g/mol. The maximum absolute atomic E-state index is 12.8. The Morgan fingerprint density at radius 2 is 1.92 bits per heavy atom. The van der Waals surface area contributed by atoms with Gasteiger partial charge in [0.25, 0.3) is 0 Å². The van der Waals surface area contributed by atoms with Crippen LogP contribution in [-0.4, -0.2) is 29.9 Å². The van der Waals surface area contributed by atoms with Crippen molar-refractivity contribution in [2.24, 2.45) is 0 Å². The van der Waals surface area contributed by atoms with E-state index >= 15 is 0 Å². The van der Waals surface area contributed by atoms with Gasteiger partial charge in [-0.05, 0) is 43.2 Å². The van der Waals surface area contributed by atoms with Crippen LogP contribution in [0, 0.1) is 13.8 Å². The molecule has 0 unspecified atom stereocenters. The van der Waals surface area contributed by atoms with E-state index in [1.54, 1.807) is 43.3 Å². The van der Waals surface area contributed by atoms with Crippen molar-refractivity contribution in [3.05, 3.63) is 64.5 Å². The maximum atomic E-state index is 12.8. The van der Waals surface area contributed by atoms with E-state index in [1.165, 1.54) is 11.4 Å². The van der Waals surface area contributed by atoms with Crippen LogP contribution in [0.15, 0.2) is 51.9 Å². The van der Waals surface area contributed by atoms with E-state index in [2.05, 4.69) is 10.1 Å². The van der Waals surface area contributed by atoms with Gasteiger partial charge in [-0.25, -0.2) is 8.42 Å². The monoisotopic (exact) mass is 391 g/mol. The topological polar surface area (TPSA) is 76.3 Å². The Hall–Kier alpha value is -2.22. The first-order valence-electron chi connectivity index (χ1n) is 7.89. The van der Waals surface area contributed by atoms with Gasteiger partial charge in [-0.2, -0.15) is 9.29 Å². The summed E-state index contributed by atoms with van der Waals surface area (Å²) in [5.74, 6) is 0.566. The summed E-state index contributed by atoms with van der Waals surface area (Å²) in [6.07, 6.45) is 0. The number of rotatable bonds is 5. The molecule has 0 amide bonds. The molecule has 0 atom stereocenters. The number of benzene rings is 2. The molecule has 26 heavy (non-hydrogen) atoms. The molecule has 8 heteroatoms. The predicted octanol–water partition coefficient (Wildman–Crippen LogP) is 3.83. The summed E-state index contributed by atoms with van der Waals surface area (Å²) in [6.45, 7) is 3.60. The zero-order valence-corrected chi connectivity index (χ0v) is 16.2. The van der Waals surface area contributed by atoms with Gasteiger partial charge in [0.05, 0.1) is 11.4 Å². The van der Waals surface area contributed by atoms with Crippen LogP contribution in [-0.2, 0) is 16.6 Å². The van der Waals surface area contributed by atoms with Crippen LogP contribution < -0.4 is 0 Å².